The zero-order valence-electron chi connectivity index (χ0n) is 19.1. The van der Waals surface area contributed by atoms with Crippen molar-refractivity contribution >= 4 is 63.6 Å². The van der Waals surface area contributed by atoms with E-state index >= 15 is 0 Å². The lowest BCUT2D eigenvalue weighted by Crippen LogP contribution is -2.07. The van der Waals surface area contributed by atoms with Crippen molar-refractivity contribution in [1.29, 1.82) is 10.5 Å². The first-order valence-electron chi connectivity index (χ1n) is 10.5. The van der Waals surface area contributed by atoms with E-state index in [0.717, 1.165) is 27.0 Å². The summed E-state index contributed by atoms with van der Waals surface area (Å²) in [5.41, 5.74) is 5.00. The zero-order chi connectivity index (χ0) is 26.2. The summed E-state index contributed by atoms with van der Waals surface area (Å²) >= 11 is 14.4. The number of benzene rings is 1. The second-order valence-corrected chi connectivity index (χ2v) is 9.67. The van der Waals surface area contributed by atoms with Crippen LogP contribution in [0, 0.1) is 22.7 Å². The molecule has 8 nitrogen and oxygen atoms in total. The molecule has 0 fully saturated rings. The van der Waals surface area contributed by atoms with Crippen LogP contribution in [0.25, 0.3) is 16.8 Å². The molecule has 0 bridgehead atoms. The van der Waals surface area contributed by atoms with Crippen molar-refractivity contribution in [3.05, 3.63) is 109 Å². The Morgan fingerprint density at radius 1 is 0.784 bits per heavy atom. The van der Waals surface area contributed by atoms with Crippen molar-refractivity contribution < 1.29 is 0 Å². The molecule has 0 amide bonds. The standard InChI is InChI=1S/C15H9ClN4S.C10H7ClN4S/c16-15-18-7-6-12(20-15)11(8-17)14-19-13(9-21-14)10-4-2-1-3-5-10;1-6-5-16-9(14-6)7(4-12)8-2-3-13-10(11)15-8/h1-7,9,19H;2-3,5,14H,1H3. The Kier molecular flexibility index (Phi) is 8.83. The van der Waals surface area contributed by atoms with Crippen LogP contribution in [0.2, 0.25) is 10.6 Å². The summed E-state index contributed by atoms with van der Waals surface area (Å²) in [5, 5.41) is 30.6. The summed E-state index contributed by atoms with van der Waals surface area (Å²) in [5.74, 6) is 0. The smallest absolute Gasteiger partial charge is 0.222 e. The Hall–Kier alpha value is -3.80. The van der Waals surface area contributed by atoms with E-state index in [2.05, 4.69) is 42.7 Å². The molecular formula is C25H16Cl2N8S2. The summed E-state index contributed by atoms with van der Waals surface area (Å²) < 4.78 is 0. The quantitative estimate of drug-likeness (QED) is 0.282. The average Bonchev–Trinajstić information content (AvgIpc) is 3.56. The third-order valence-electron chi connectivity index (χ3n) is 4.73. The van der Waals surface area contributed by atoms with Gasteiger partial charge in [-0.15, -0.1) is 0 Å². The predicted molar refractivity (Wildman–Crippen MR) is 149 cm³/mol. The number of allylic oxidation sites excluding steroid dienone is 3. The number of nitrogens with one attached hydrogen (secondary N) is 2. The second-order valence-electron chi connectivity index (χ2n) is 7.24. The number of halogens is 2. The average molecular weight is 563 g/mol. The molecule has 0 saturated heterocycles. The monoisotopic (exact) mass is 562 g/mol. The molecule has 2 aromatic heterocycles. The van der Waals surface area contributed by atoms with E-state index in [0.29, 0.717) is 22.5 Å². The van der Waals surface area contributed by atoms with Crippen molar-refractivity contribution in [3.63, 3.8) is 0 Å². The highest BCUT2D eigenvalue weighted by Gasteiger charge is 2.18. The van der Waals surface area contributed by atoms with Crippen LogP contribution in [-0.4, -0.2) is 19.9 Å². The topological polar surface area (TPSA) is 123 Å². The molecule has 5 rings (SSSR count). The number of rotatable bonds is 3. The van der Waals surface area contributed by atoms with Crippen molar-refractivity contribution in [2.24, 2.45) is 0 Å². The highest BCUT2D eigenvalue weighted by Crippen LogP contribution is 2.34. The zero-order valence-corrected chi connectivity index (χ0v) is 22.3. The number of nitriles is 2. The molecule has 0 spiro atoms. The molecule has 0 aliphatic carbocycles. The molecule has 0 radical (unpaired) electrons. The number of nitrogens with zero attached hydrogens (tertiary/aromatic N) is 6. The van der Waals surface area contributed by atoms with Gasteiger partial charge in [0.15, 0.2) is 0 Å². The third-order valence-corrected chi connectivity index (χ3v) is 7.01. The number of hydrogen-bond donors (Lipinski definition) is 2. The van der Waals surface area contributed by atoms with Crippen LogP contribution in [0.3, 0.4) is 0 Å². The van der Waals surface area contributed by atoms with Gasteiger partial charge in [0.25, 0.3) is 0 Å². The Morgan fingerprint density at radius 2 is 1.32 bits per heavy atom. The lowest BCUT2D eigenvalue weighted by atomic mass is 10.1. The number of hydrogen-bond acceptors (Lipinski definition) is 10. The van der Waals surface area contributed by atoms with Crippen LogP contribution in [0.1, 0.15) is 23.9 Å². The van der Waals surface area contributed by atoms with Crippen molar-refractivity contribution in [2.75, 3.05) is 0 Å². The van der Waals surface area contributed by atoms with Gasteiger partial charge in [-0.3, -0.25) is 0 Å². The fourth-order valence-corrected chi connectivity index (χ4v) is 5.09. The van der Waals surface area contributed by atoms with Gasteiger partial charge in [-0.2, -0.15) is 10.5 Å². The van der Waals surface area contributed by atoms with E-state index in [1.54, 1.807) is 12.1 Å². The SMILES string of the molecule is CC1=CSC(=C(C#N)c2ccnc(Cl)n2)N1.N#CC(=C1NC(c2ccccc2)=CS1)c1ccnc(Cl)n1. The van der Waals surface area contributed by atoms with Gasteiger partial charge in [0.2, 0.25) is 10.6 Å². The summed E-state index contributed by atoms with van der Waals surface area (Å²) in [7, 11) is 0. The van der Waals surface area contributed by atoms with E-state index in [1.165, 1.54) is 35.9 Å². The van der Waals surface area contributed by atoms with Gasteiger partial charge < -0.3 is 10.6 Å². The Balaban J connectivity index is 0.000000180. The first-order valence-corrected chi connectivity index (χ1v) is 13.1. The van der Waals surface area contributed by atoms with Crippen LogP contribution < -0.4 is 10.6 Å². The second kappa shape index (κ2) is 12.4. The van der Waals surface area contributed by atoms with E-state index in [1.807, 2.05) is 48.1 Å². The lowest BCUT2D eigenvalue weighted by Gasteiger charge is -2.07. The molecule has 2 aliphatic rings. The largest absolute Gasteiger partial charge is 0.352 e. The minimum atomic E-state index is 0.125. The molecule has 2 aliphatic heterocycles. The van der Waals surface area contributed by atoms with Crippen LogP contribution in [0.5, 0.6) is 0 Å². The summed E-state index contributed by atoms with van der Waals surface area (Å²) in [6, 6.07) is 17.6. The molecule has 182 valence electrons. The Bertz CT molecular complexity index is 1540. The van der Waals surface area contributed by atoms with Gasteiger partial charge in [-0.1, -0.05) is 53.9 Å². The molecule has 0 atom stereocenters. The van der Waals surface area contributed by atoms with Crippen molar-refractivity contribution in [2.45, 2.75) is 6.92 Å². The highest BCUT2D eigenvalue weighted by molar-refractivity contribution is 8.06. The van der Waals surface area contributed by atoms with Crippen LogP contribution in [0.4, 0.5) is 0 Å². The van der Waals surface area contributed by atoms with Gasteiger partial charge >= 0.3 is 0 Å². The Morgan fingerprint density at radius 3 is 1.81 bits per heavy atom. The molecule has 12 heteroatoms. The first-order chi connectivity index (χ1) is 18.0. The van der Waals surface area contributed by atoms with Gasteiger partial charge in [0.1, 0.15) is 23.3 Å². The van der Waals surface area contributed by atoms with Gasteiger partial charge in [-0.25, -0.2) is 19.9 Å². The minimum absolute atomic E-state index is 0.125. The molecule has 37 heavy (non-hydrogen) atoms. The summed E-state index contributed by atoms with van der Waals surface area (Å²) in [6.07, 6.45) is 3.07. The predicted octanol–water partition coefficient (Wildman–Crippen LogP) is 6.18. The number of aromatic nitrogens is 4. The third kappa shape index (κ3) is 6.70. The van der Waals surface area contributed by atoms with E-state index in [4.69, 9.17) is 28.5 Å². The van der Waals surface area contributed by atoms with E-state index in [9.17, 15) is 5.26 Å². The molecule has 0 unspecified atom stereocenters. The van der Waals surface area contributed by atoms with Crippen LogP contribution >= 0.6 is 46.7 Å². The van der Waals surface area contributed by atoms with Gasteiger partial charge in [-0.05, 0) is 53.2 Å². The van der Waals surface area contributed by atoms with Gasteiger partial charge in [0, 0.05) is 23.5 Å². The molecule has 4 heterocycles. The van der Waals surface area contributed by atoms with E-state index in [-0.39, 0.29) is 10.6 Å². The fraction of sp³-hybridized carbons (Fsp3) is 0.0400. The van der Waals surface area contributed by atoms with Crippen molar-refractivity contribution in [3.8, 4) is 12.1 Å². The fourth-order valence-electron chi connectivity index (χ4n) is 3.08. The van der Waals surface area contributed by atoms with Crippen LogP contribution in [0.15, 0.2) is 81.4 Å². The maximum atomic E-state index is 9.40. The maximum absolute atomic E-state index is 9.40. The molecule has 0 saturated carbocycles. The lowest BCUT2D eigenvalue weighted by molar-refractivity contribution is 1.06. The van der Waals surface area contributed by atoms with E-state index < -0.39 is 0 Å². The molecular weight excluding hydrogens is 547 g/mol. The number of thioether (sulfide) groups is 2. The maximum Gasteiger partial charge on any atom is 0.222 e. The first kappa shape index (κ1) is 26.3. The summed E-state index contributed by atoms with van der Waals surface area (Å²) in [4.78, 5) is 15.7. The molecule has 3 aromatic rings. The molecule has 1 aromatic carbocycles. The Labute approximate surface area is 231 Å². The normalized spacial score (nSPS) is 16.6. The summed E-state index contributed by atoms with van der Waals surface area (Å²) in [6.45, 7) is 1.93. The highest BCUT2D eigenvalue weighted by atomic mass is 35.5. The van der Waals surface area contributed by atoms with Gasteiger partial charge in [0.05, 0.1) is 27.1 Å². The molecule has 2 N–H and O–H groups in total. The van der Waals surface area contributed by atoms with Crippen LogP contribution in [-0.2, 0) is 0 Å². The van der Waals surface area contributed by atoms with Crippen molar-refractivity contribution in [1.82, 2.24) is 30.6 Å². The minimum Gasteiger partial charge on any atom is -0.352 e.